The number of ether oxygens (including phenoxy) is 1. The van der Waals surface area contributed by atoms with Crippen LogP contribution in [0.15, 0.2) is 18.2 Å². The molecule has 2 rings (SSSR count). The summed E-state index contributed by atoms with van der Waals surface area (Å²) in [5.41, 5.74) is 6.48. The van der Waals surface area contributed by atoms with Crippen LogP contribution in [0.25, 0.3) is 10.1 Å². The lowest BCUT2D eigenvalue weighted by molar-refractivity contribution is 0.0956. The van der Waals surface area contributed by atoms with Gasteiger partial charge in [-0.3, -0.25) is 4.79 Å². The third-order valence-electron chi connectivity index (χ3n) is 2.76. The molecule has 1 amide bonds. The van der Waals surface area contributed by atoms with E-state index in [0.29, 0.717) is 29.3 Å². The molecule has 5 nitrogen and oxygen atoms in total. The second-order valence-corrected chi connectivity index (χ2v) is 5.06. The number of rotatable bonds is 5. The minimum absolute atomic E-state index is 0.0516. The van der Waals surface area contributed by atoms with E-state index in [1.807, 2.05) is 18.2 Å². The van der Waals surface area contributed by atoms with Gasteiger partial charge in [-0.2, -0.15) is 0 Å². The number of carbonyl (C=O) groups excluding carboxylic acids is 1. The van der Waals surface area contributed by atoms with Crippen molar-refractivity contribution in [3.63, 3.8) is 0 Å². The first-order chi connectivity index (χ1) is 9.19. The maximum absolute atomic E-state index is 12.0. The zero-order chi connectivity index (χ0) is 13.8. The summed E-state index contributed by atoms with van der Waals surface area (Å²) in [7, 11) is 1.58. The first-order valence-electron chi connectivity index (χ1n) is 5.93. The lowest BCUT2D eigenvalue weighted by Gasteiger charge is -2.04. The summed E-state index contributed by atoms with van der Waals surface area (Å²) in [5, 5.41) is 12.2. The molecular formula is C13H16N2O3S. The van der Waals surface area contributed by atoms with Crippen LogP contribution in [0, 0.1) is 0 Å². The van der Waals surface area contributed by atoms with Crippen molar-refractivity contribution in [2.45, 2.75) is 6.42 Å². The number of aliphatic hydroxyl groups is 1. The summed E-state index contributed by atoms with van der Waals surface area (Å²) in [6.45, 7) is 0.482. The highest BCUT2D eigenvalue weighted by atomic mass is 32.1. The van der Waals surface area contributed by atoms with Crippen molar-refractivity contribution < 1.29 is 14.6 Å². The summed E-state index contributed by atoms with van der Waals surface area (Å²) < 4.78 is 6.18. The van der Waals surface area contributed by atoms with Crippen LogP contribution in [-0.4, -0.2) is 31.3 Å². The Labute approximate surface area is 115 Å². The van der Waals surface area contributed by atoms with E-state index >= 15 is 0 Å². The predicted molar refractivity (Wildman–Crippen MR) is 76.8 cm³/mol. The number of benzene rings is 1. The van der Waals surface area contributed by atoms with Gasteiger partial charge in [0, 0.05) is 17.9 Å². The van der Waals surface area contributed by atoms with E-state index < -0.39 is 0 Å². The molecule has 19 heavy (non-hydrogen) atoms. The van der Waals surface area contributed by atoms with Gasteiger partial charge in [-0.05, 0) is 18.6 Å². The summed E-state index contributed by atoms with van der Waals surface area (Å²) in [6.07, 6.45) is 0.528. The number of aliphatic hydroxyl groups excluding tert-OH is 1. The fourth-order valence-electron chi connectivity index (χ4n) is 1.84. The van der Waals surface area contributed by atoms with Gasteiger partial charge in [-0.15, -0.1) is 11.3 Å². The van der Waals surface area contributed by atoms with Crippen molar-refractivity contribution in [3.8, 4) is 5.75 Å². The normalized spacial score (nSPS) is 10.6. The van der Waals surface area contributed by atoms with Gasteiger partial charge in [0.1, 0.15) is 10.6 Å². The van der Waals surface area contributed by atoms with Crippen LogP contribution >= 0.6 is 11.3 Å². The summed E-state index contributed by atoms with van der Waals surface area (Å²) >= 11 is 1.34. The zero-order valence-electron chi connectivity index (χ0n) is 10.6. The number of nitrogen functional groups attached to an aromatic ring is 1. The summed E-state index contributed by atoms with van der Waals surface area (Å²) in [4.78, 5) is 12.5. The third kappa shape index (κ3) is 2.64. The molecule has 1 aromatic carbocycles. The highest BCUT2D eigenvalue weighted by Crippen LogP contribution is 2.39. The maximum atomic E-state index is 12.0. The lowest BCUT2D eigenvalue weighted by atomic mass is 10.2. The molecule has 0 atom stereocenters. The first-order valence-corrected chi connectivity index (χ1v) is 6.74. The Morgan fingerprint density at radius 1 is 1.53 bits per heavy atom. The molecule has 0 aliphatic carbocycles. The van der Waals surface area contributed by atoms with Crippen LogP contribution in [0.4, 0.5) is 5.69 Å². The van der Waals surface area contributed by atoms with E-state index in [1.165, 1.54) is 11.3 Å². The van der Waals surface area contributed by atoms with Crippen LogP contribution in [0.1, 0.15) is 16.1 Å². The Morgan fingerprint density at radius 3 is 3.00 bits per heavy atom. The number of amides is 1. The van der Waals surface area contributed by atoms with Gasteiger partial charge in [-0.1, -0.05) is 6.07 Å². The quantitative estimate of drug-likeness (QED) is 0.726. The van der Waals surface area contributed by atoms with Crippen molar-refractivity contribution in [3.05, 3.63) is 23.1 Å². The van der Waals surface area contributed by atoms with E-state index in [2.05, 4.69) is 5.32 Å². The van der Waals surface area contributed by atoms with Crippen LogP contribution in [0.3, 0.4) is 0 Å². The number of anilines is 1. The van der Waals surface area contributed by atoms with E-state index in [4.69, 9.17) is 15.6 Å². The topological polar surface area (TPSA) is 84.6 Å². The molecule has 0 aliphatic rings. The standard InChI is InChI=1S/C13H16N2O3S/c1-18-8-4-2-5-9-10(8)11(14)12(19-9)13(17)15-6-3-7-16/h2,4-5,16H,3,6-7,14H2,1H3,(H,15,17). The second-order valence-electron chi connectivity index (χ2n) is 4.01. The molecule has 0 unspecified atom stereocenters. The summed E-state index contributed by atoms with van der Waals surface area (Å²) in [6, 6.07) is 5.59. The Bertz CT molecular complexity index is 595. The van der Waals surface area contributed by atoms with Gasteiger partial charge in [-0.25, -0.2) is 0 Å². The molecule has 1 heterocycles. The predicted octanol–water partition coefficient (Wildman–Crippen LogP) is 1.60. The lowest BCUT2D eigenvalue weighted by Crippen LogP contribution is -2.24. The van der Waals surface area contributed by atoms with Crippen LogP contribution in [-0.2, 0) is 0 Å². The average molecular weight is 280 g/mol. The van der Waals surface area contributed by atoms with E-state index in [-0.39, 0.29) is 12.5 Å². The van der Waals surface area contributed by atoms with E-state index in [1.54, 1.807) is 7.11 Å². The molecule has 102 valence electrons. The highest BCUT2D eigenvalue weighted by molar-refractivity contribution is 7.21. The number of carbonyl (C=O) groups is 1. The van der Waals surface area contributed by atoms with Crippen LogP contribution in [0.2, 0.25) is 0 Å². The van der Waals surface area contributed by atoms with Gasteiger partial charge in [0.25, 0.3) is 5.91 Å². The van der Waals surface area contributed by atoms with Crippen LogP contribution < -0.4 is 15.8 Å². The molecule has 1 aromatic heterocycles. The number of nitrogens with two attached hydrogens (primary N) is 1. The Balaban J connectivity index is 2.34. The van der Waals surface area contributed by atoms with Crippen molar-refractivity contribution in [1.29, 1.82) is 0 Å². The molecule has 0 saturated heterocycles. The Kier molecular flexibility index (Phi) is 4.24. The SMILES string of the molecule is COc1cccc2sc(C(=O)NCCCO)c(N)c12. The number of fused-ring (bicyclic) bond motifs is 1. The van der Waals surface area contributed by atoms with E-state index in [9.17, 15) is 4.79 Å². The van der Waals surface area contributed by atoms with Crippen LogP contribution in [0.5, 0.6) is 5.75 Å². The van der Waals surface area contributed by atoms with E-state index in [0.717, 1.165) is 10.1 Å². The number of nitrogens with one attached hydrogen (secondary N) is 1. The van der Waals surface area contributed by atoms with Gasteiger partial charge in [0.2, 0.25) is 0 Å². The largest absolute Gasteiger partial charge is 0.496 e. The van der Waals surface area contributed by atoms with Crippen molar-refractivity contribution in [2.75, 3.05) is 26.0 Å². The number of thiophene rings is 1. The molecule has 6 heteroatoms. The molecule has 0 saturated carbocycles. The zero-order valence-corrected chi connectivity index (χ0v) is 11.4. The molecule has 0 radical (unpaired) electrons. The van der Waals surface area contributed by atoms with Crippen molar-refractivity contribution in [1.82, 2.24) is 5.32 Å². The fourth-order valence-corrected chi connectivity index (χ4v) is 2.90. The molecule has 4 N–H and O–H groups in total. The molecule has 0 fully saturated rings. The van der Waals surface area contributed by atoms with Gasteiger partial charge < -0.3 is 20.9 Å². The first kappa shape index (κ1) is 13.6. The van der Waals surface area contributed by atoms with Crippen molar-refractivity contribution >= 4 is 33.0 Å². The van der Waals surface area contributed by atoms with Crippen molar-refractivity contribution in [2.24, 2.45) is 0 Å². The summed E-state index contributed by atoms with van der Waals surface area (Å²) in [5.74, 6) is 0.454. The molecule has 0 bridgehead atoms. The molecule has 0 spiro atoms. The minimum Gasteiger partial charge on any atom is -0.496 e. The Hall–Kier alpha value is -1.79. The number of hydrogen-bond donors (Lipinski definition) is 3. The highest BCUT2D eigenvalue weighted by Gasteiger charge is 2.18. The fraction of sp³-hybridized carbons (Fsp3) is 0.308. The number of methoxy groups -OCH3 is 1. The smallest absolute Gasteiger partial charge is 0.263 e. The maximum Gasteiger partial charge on any atom is 0.263 e. The average Bonchev–Trinajstić information content (AvgIpc) is 2.76. The van der Waals surface area contributed by atoms with Gasteiger partial charge in [0.15, 0.2) is 0 Å². The van der Waals surface area contributed by atoms with Gasteiger partial charge >= 0.3 is 0 Å². The molecular weight excluding hydrogens is 264 g/mol. The monoisotopic (exact) mass is 280 g/mol. The Morgan fingerprint density at radius 2 is 2.32 bits per heavy atom. The minimum atomic E-state index is -0.214. The number of hydrogen-bond acceptors (Lipinski definition) is 5. The van der Waals surface area contributed by atoms with Gasteiger partial charge in [0.05, 0.1) is 18.2 Å². The second kappa shape index (κ2) is 5.90. The molecule has 0 aliphatic heterocycles. The third-order valence-corrected chi connectivity index (χ3v) is 3.93. The molecule has 2 aromatic rings.